The van der Waals surface area contributed by atoms with E-state index in [1.165, 1.54) is 17.8 Å². The number of non-ortho nitro benzene ring substituents is 1. The standard InChI is InChI=1S/C21H13Cl3N4O2S/c22-13-9-16(23)20(17(24)10-13)27-26-19-15-6-1-2-7-18(15)25-21(19)31-11-12-4-3-5-14(8-12)28(29)30/h1-10,25H,11H2. The summed E-state index contributed by atoms with van der Waals surface area (Å²) in [7, 11) is 0. The molecule has 0 atom stereocenters. The van der Waals surface area contributed by atoms with Crippen molar-refractivity contribution >= 4 is 74.5 Å². The third-order valence-corrected chi connectivity index (χ3v) is 6.24. The number of aromatic amines is 1. The number of nitrogens with one attached hydrogen (secondary N) is 1. The second kappa shape index (κ2) is 9.28. The van der Waals surface area contributed by atoms with E-state index in [2.05, 4.69) is 15.2 Å². The minimum Gasteiger partial charge on any atom is -0.348 e. The number of azo groups is 1. The number of rotatable bonds is 6. The Morgan fingerprint density at radius 3 is 2.39 bits per heavy atom. The van der Waals surface area contributed by atoms with Gasteiger partial charge >= 0.3 is 0 Å². The van der Waals surface area contributed by atoms with Crippen LogP contribution in [0.4, 0.5) is 17.1 Å². The highest BCUT2D eigenvalue weighted by Crippen LogP contribution is 2.41. The summed E-state index contributed by atoms with van der Waals surface area (Å²) < 4.78 is 0. The van der Waals surface area contributed by atoms with Crippen LogP contribution in [0, 0.1) is 10.1 Å². The molecule has 0 radical (unpaired) electrons. The van der Waals surface area contributed by atoms with Crippen LogP contribution in [0.3, 0.4) is 0 Å². The van der Waals surface area contributed by atoms with E-state index in [4.69, 9.17) is 34.8 Å². The van der Waals surface area contributed by atoms with Crippen LogP contribution in [0.2, 0.25) is 15.1 Å². The Morgan fingerprint density at radius 2 is 1.65 bits per heavy atom. The van der Waals surface area contributed by atoms with Crippen LogP contribution in [0.25, 0.3) is 10.9 Å². The van der Waals surface area contributed by atoms with Crippen molar-refractivity contribution in [3.8, 4) is 0 Å². The summed E-state index contributed by atoms with van der Waals surface area (Å²) in [5, 5.41) is 22.4. The first-order chi connectivity index (χ1) is 14.9. The number of thioether (sulfide) groups is 1. The summed E-state index contributed by atoms with van der Waals surface area (Å²) in [5.74, 6) is 0.513. The number of hydrogen-bond acceptors (Lipinski definition) is 5. The highest BCUT2D eigenvalue weighted by molar-refractivity contribution is 7.98. The minimum absolute atomic E-state index is 0.0571. The number of benzene rings is 3. The minimum atomic E-state index is -0.406. The molecule has 10 heteroatoms. The molecule has 0 saturated carbocycles. The lowest BCUT2D eigenvalue weighted by Gasteiger charge is -2.03. The van der Waals surface area contributed by atoms with Crippen molar-refractivity contribution in [3.05, 3.63) is 91.4 Å². The number of hydrogen-bond donors (Lipinski definition) is 1. The quantitative estimate of drug-likeness (QED) is 0.127. The van der Waals surface area contributed by atoms with Crippen molar-refractivity contribution < 1.29 is 4.92 Å². The van der Waals surface area contributed by atoms with Crippen molar-refractivity contribution in [3.63, 3.8) is 0 Å². The molecule has 0 spiro atoms. The zero-order valence-electron chi connectivity index (χ0n) is 15.7. The molecule has 1 aromatic heterocycles. The van der Waals surface area contributed by atoms with E-state index in [0.29, 0.717) is 32.2 Å². The molecule has 0 aliphatic carbocycles. The Morgan fingerprint density at radius 1 is 0.935 bits per heavy atom. The van der Waals surface area contributed by atoms with Crippen LogP contribution in [0.15, 0.2) is 75.9 Å². The Bertz CT molecular complexity index is 1300. The summed E-state index contributed by atoms with van der Waals surface area (Å²) in [6.45, 7) is 0. The van der Waals surface area contributed by atoms with E-state index >= 15 is 0 Å². The monoisotopic (exact) mass is 490 g/mol. The fraction of sp³-hybridized carbons (Fsp3) is 0.0476. The lowest BCUT2D eigenvalue weighted by atomic mass is 10.2. The van der Waals surface area contributed by atoms with E-state index in [0.717, 1.165) is 21.5 Å². The molecule has 1 heterocycles. The van der Waals surface area contributed by atoms with Gasteiger partial charge in [-0.05, 0) is 23.8 Å². The van der Waals surface area contributed by atoms with Crippen LogP contribution >= 0.6 is 46.6 Å². The van der Waals surface area contributed by atoms with Crippen LogP contribution < -0.4 is 0 Å². The molecule has 4 rings (SSSR count). The van der Waals surface area contributed by atoms with Gasteiger partial charge < -0.3 is 4.98 Å². The fourth-order valence-electron chi connectivity index (χ4n) is 2.95. The summed E-state index contributed by atoms with van der Waals surface area (Å²) >= 11 is 19.9. The van der Waals surface area contributed by atoms with Gasteiger partial charge in [-0.25, -0.2) is 0 Å². The van der Waals surface area contributed by atoms with Gasteiger partial charge in [-0.1, -0.05) is 65.1 Å². The lowest BCUT2D eigenvalue weighted by Crippen LogP contribution is -1.89. The SMILES string of the molecule is O=[N+]([O-])c1cccc(CSc2[nH]c3ccccc3c2N=Nc2c(Cl)cc(Cl)cc2Cl)c1. The van der Waals surface area contributed by atoms with E-state index in [9.17, 15) is 10.1 Å². The summed E-state index contributed by atoms with van der Waals surface area (Å²) in [6.07, 6.45) is 0. The topological polar surface area (TPSA) is 83.6 Å². The van der Waals surface area contributed by atoms with E-state index < -0.39 is 4.92 Å². The molecule has 0 amide bonds. The number of nitro groups is 1. The molecule has 6 nitrogen and oxygen atoms in total. The van der Waals surface area contributed by atoms with Gasteiger partial charge in [0.1, 0.15) is 16.4 Å². The zero-order chi connectivity index (χ0) is 22.0. The van der Waals surface area contributed by atoms with Crippen LogP contribution in [-0.4, -0.2) is 9.91 Å². The number of aromatic nitrogens is 1. The molecule has 0 bridgehead atoms. The molecule has 156 valence electrons. The maximum Gasteiger partial charge on any atom is 0.269 e. The molecule has 0 saturated heterocycles. The number of nitrogens with zero attached hydrogens (tertiary/aromatic N) is 3. The highest BCUT2D eigenvalue weighted by atomic mass is 35.5. The third-order valence-electron chi connectivity index (χ3n) is 4.38. The predicted molar refractivity (Wildman–Crippen MR) is 127 cm³/mol. The first-order valence-electron chi connectivity index (χ1n) is 8.95. The van der Waals surface area contributed by atoms with Gasteiger partial charge in [0, 0.05) is 33.8 Å². The largest absolute Gasteiger partial charge is 0.348 e. The Balaban J connectivity index is 1.68. The molecule has 4 aromatic rings. The van der Waals surface area contributed by atoms with Crippen molar-refractivity contribution in [2.75, 3.05) is 0 Å². The van der Waals surface area contributed by atoms with Crippen molar-refractivity contribution in [1.82, 2.24) is 4.98 Å². The predicted octanol–water partition coefficient (Wildman–Crippen LogP) is 8.74. The third kappa shape index (κ3) is 4.85. The smallest absolute Gasteiger partial charge is 0.269 e. The molecule has 0 aliphatic heterocycles. The molecular formula is C21H13Cl3N4O2S. The Hall–Kier alpha value is -2.58. The van der Waals surface area contributed by atoms with Gasteiger partial charge in [0.15, 0.2) is 0 Å². The molecule has 0 fully saturated rings. The van der Waals surface area contributed by atoms with Gasteiger partial charge in [-0.3, -0.25) is 10.1 Å². The second-order valence-corrected chi connectivity index (χ2v) is 8.72. The summed E-state index contributed by atoms with van der Waals surface area (Å²) in [4.78, 5) is 14.0. The maximum atomic E-state index is 11.0. The molecule has 1 N–H and O–H groups in total. The average molecular weight is 492 g/mol. The molecule has 3 aromatic carbocycles. The first kappa shape index (κ1) is 21.6. The summed E-state index contributed by atoms with van der Waals surface area (Å²) in [6, 6.07) is 17.3. The number of halogens is 3. The molecular weight excluding hydrogens is 479 g/mol. The van der Waals surface area contributed by atoms with Crippen LogP contribution in [-0.2, 0) is 5.75 Å². The second-order valence-electron chi connectivity index (χ2n) is 6.48. The molecule has 0 unspecified atom stereocenters. The maximum absolute atomic E-state index is 11.0. The Labute approximate surface area is 196 Å². The van der Waals surface area contributed by atoms with Gasteiger partial charge in [-0.2, -0.15) is 0 Å². The number of H-pyrrole nitrogens is 1. The number of fused-ring (bicyclic) bond motifs is 1. The zero-order valence-corrected chi connectivity index (χ0v) is 18.8. The number of para-hydroxylation sites is 1. The Kier molecular flexibility index (Phi) is 6.48. The highest BCUT2D eigenvalue weighted by Gasteiger charge is 2.14. The van der Waals surface area contributed by atoms with Crippen molar-refractivity contribution in [1.29, 1.82) is 0 Å². The van der Waals surface area contributed by atoms with E-state index in [1.54, 1.807) is 24.3 Å². The fourth-order valence-corrected chi connectivity index (χ4v) is 4.80. The van der Waals surface area contributed by atoms with Gasteiger partial charge in [0.2, 0.25) is 0 Å². The molecule has 0 aliphatic rings. The summed E-state index contributed by atoms with van der Waals surface area (Å²) in [5.41, 5.74) is 2.73. The van der Waals surface area contributed by atoms with E-state index in [1.807, 2.05) is 30.3 Å². The van der Waals surface area contributed by atoms with Crippen molar-refractivity contribution in [2.24, 2.45) is 10.2 Å². The van der Waals surface area contributed by atoms with Crippen LogP contribution in [0.5, 0.6) is 0 Å². The van der Waals surface area contributed by atoms with E-state index in [-0.39, 0.29) is 5.69 Å². The normalized spacial score (nSPS) is 11.5. The number of nitro benzene ring substituents is 1. The van der Waals surface area contributed by atoms with Crippen molar-refractivity contribution in [2.45, 2.75) is 10.8 Å². The van der Waals surface area contributed by atoms with Gasteiger partial charge in [-0.15, -0.1) is 22.0 Å². The van der Waals surface area contributed by atoms with Gasteiger partial charge in [0.05, 0.1) is 15.0 Å². The first-order valence-corrected chi connectivity index (χ1v) is 11.1. The molecule has 31 heavy (non-hydrogen) atoms. The van der Waals surface area contributed by atoms with Gasteiger partial charge in [0.25, 0.3) is 5.69 Å². The average Bonchev–Trinajstić information content (AvgIpc) is 3.09. The lowest BCUT2D eigenvalue weighted by molar-refractivity contribution is -0.384. The van der Waals surface area contributed by atoms with Crippen LogP contribution in [0.1, 0.15) is 5.56 Å².